The smallest absolute Gasteiger partial charge is 0.00390 e. The lowest BCUT2D eigenvalue weighted by Gasteiger charge is -2.38. The number of rotatable bonds is 2. The molecule has 2 N–H and O–H groups in total. The van der Waals surface area contributed by atoms with E-state index in [1.54, 1.807) is 0 Å². The van der Waals surface area contributed by atoms with Crippen LogP contribution in [0.3, 0.4) is 0 Å². The van der Waals surface area contributed by atoms with Gasteiger partial charge in [0, 0.05) is 6.04 Å². The molecule has 0 spiro atoms. The first-order valence-electron chi connectivity index (χ1n) is 5.32. The van der Waals surface area contributed by atoms with Gasteiger partial charge in [-0.15, -0.1) is 0 Å². The van der Waals surface area contributed by atoms with E-state index in [2.05, 4.69) is 20.8 Å². The van der Waals surface area contributed by atoms with Crippen molar-refractivity contribution in [2.45, 2.75) is 58.9 Å². The number of nitrogens with two attached hydrogens (primary N) is 1. The largest absolute Gasteiger partial charge is 0.328 e. The van der Waals surface area contributed by atoms with E-state index in [0.29, 0.717) is 11.5 Å². The van der Waals surface area contributed by atoms with Crippen LogP contribution in [0.25, 0.3) is 0 Å². The molecule has 0 atom stereocenters. The molecule has 12 heavy (non-hydrogen) atoms. The van der Waals surface area contributed by atoms with Crippen molar-refractivity contribution in [1.82, 2.24) is 0 Å². The summed E-state index contributed by atoms with van der Waals surface area (Å²) in [5.74, 6) is 0.919. The third kappa shape index (κ3) is 2.22. The molecular weight excluding hydrogens is 146 g/mol. The SMILES string of the molecule is CCC(C)(C)[C@H]1CC[C@@H](N)CC1. The maximum absolute atomic E-state index is 5.88. The van der Waals surface area contributed by atoms with Gasteiger partial charge in [-0.25, -0.2) is 0 Å². The summed E-state index contributed by atoms with van der Waals surface area (Å²) in [5, 5.41) is 0. The highest BCUT2D eigenvalue weighted by Gasteiger charge is 2.30. The second kappa shape index (κ2) is 3.78. The Morgan fingerprint density at radius 2 is 1.67 bits per heavy atom. The fourth-order valence-electron chi connectivity index (χ4n) is 2.19. The summed E-state index contributed by atoms with van der Waals surface area (Å²) < 4.78 is 0. The highest BCUT2D eigenvalue weighted by atomic mass is 14.6. The zero-order chi connectivity index (χ0) is 9.19. The number of hydrogen-bond donors (Lipinski definition) is 1. The minimum Gasteiger partial charge on any atom is -0.328 e. The van der Waals surface area contributed by atoms with Gasteiger partial charge in [0.05, 0.1) is 0 Å². The van der Waals surface area contributed by atoms with Gasteiger partial charge in [-0.2, -0.15) is 0 Å². The molecule has 1 aliphatic rings. The Bertz CT molecular complexity index is 132. The first kappa shape index (κ1) is 10.0. The average Bonchev–Trinajstić information content (AvgIpc) is 2.05. The summed E-state index contributed by atoms with van der Waals surface area (Å²) in [5.41, 5.74) is 6.42. The summed E-state index contributed by atoms with van der Waals surface area (Å²) >= 11 is 0. The van der Waals surface area contributed by atoms with Crippen molar-refractivity contribution in [2.24, 2.45) is 17.1 Å². The quantitative estimate of drug-likeness (QED) is 0.675. The molecule has 1 rings (SSSR count). The molecule has 0 aliphatic heterocycles. The molecule has 0 bridgehead atoms. The minimum absolute atomic E-state index is 0.494. The molecule has 0 aromatic carbocycles. The van der Waals surface area contributed by atoms with Crippen molar-refractivity contribution >= 4 is 0 Å². The normalized spacial score (nSPS) is 32.0. The van der Waals surface area contributed by atoms with E-state index in [9.17, 15) is 0 Å². The zero-order valence-corrected chi connectivity index (χ0v) is 8.77. The molecule has 72 valence electrons. The van der Waals surface area contributed by atoms with Gasteiger partial charge in [-0.3, -0.25) is 0 Å². The zero-order valence-electron chi connectivity index (χ0n) is 8.77. The Hall–Kier alpha value is -0.0400. The maximum atomic E-state index is 5.88. The Morgan fingerprint density at radius 1 is 1.17 bits per heavy atom. The highest BCUT2D eigenvalue weighted by molar-refractivity contribution is 4.83. The highest BCUT2D eigenvalue weighted by Crippen LogP contribution is 2.39. The van der Waals surface area contributed by atoms with Crippen molar-refractivity contribution in [2.75, 3.05) is 0 Å². The molecule has 0 unspecified atom stereocenters. The predicted molar refractivity (Wildman–Crippen MR) is 54.0 cm³/mol. The fraction of sp³-hybridized carbons (Fsp3) is 1.00. The Balaban J connectivity index is 2.44. The predicted octanol–water partition coefficient (Wildman–Crippen LogP) is 2.94. The van der Waals surface area contributed by atoms with E-state index >= 15 is 0 Å². The van der Waals surface area contributed by atoms with Gasteiger partial charge in [0.2, 0.25) is 0 Å². The summed E-state index contributed by atoms with van der Waals surface area (Å²) in [6, 6.07) is 0.494. The van der Waals surface area contributed by atoms with E-state index < -0.39 is 0 Å². The van der Waals surface area contributed by atoms with Crippen LogP contribution in [-0.4, -0.2) is 6.04 Å². The average molecular weight is 169 g/mol. The maximum Gasteiger partial charge on any atom is 0.00390 e. The molecule has 0 amide bonds. The van der Waals surface area contributed by atoms with E-state index in [1.165, 1.54) is 32.1 Å². The van der Waals surface area contributed by atoms with E-state index in [4.69, 9.17) is 5.73 Å². The third-order valence-corrected chi connectivity index (χ3v) is 3.79. The van der Waals surface area contributed by atoms with Crippen molar-refractivity contribution in [1.29, 1.82) is 0 Å². The van der Waals surface area contributed by atoms with E-state index in [-0.39, 0.29) is 0 Å². The van der Waals surface area contributed by atoms with Crippen molar-refractivity contribution in [3.8, 4) is 0 Å². The monoisotopic (exact) mass is 169 g/mol. The summed E-state index contributed by atoms with van der Waals surface area (Å²) in [6.07, 6.45) is 6.49. The molecule has 1 aliphatic carbocycles. The molecule has 1 nitrogen and oxygen atoms in total. The van der Waals surface area contributed by atoms with Crippen molar-refractivity contribution < 1.29 is 0 Å². The van der Waals surface area contributed by atoms with Crippen LogP contribution < -0.4 is 5.73 Å². The van der Waals surface area contributed by atoms with E-state index in [1.807, 2.05) is 0 Å². The van der Waals surface area contributed by atoms with Gasteiger partial charge in [0.25, 0.3) is 0 Å². The van der Waals surface area contributed by atoms with Crippen LogP contribution in [0.4, 0.5) is 0 Å². The fourth-order valence-corrected chi connectivity index (χ4v) is 2.19. The first-order chi connectivity index (χ1) is 5.56. The second-order valence-corrected chi connectivity index (χ2v) is 4.95. The standard InChI is InChI=1S/C11H23N/c1-4-11(2,3)9-5-7-10(12)8-6-9/h9-10H,4-8,12H2,1-3H3/t9-,10+. The lowest BCUT2D eigenvalue weighted by atomic mass is 9.69. The summed E-state index contributed by atoms with van der Waals surface area (Å²) in [7, 11) is 0. The topological polar surface area (TPSA) is 26.0 Å². The van der Waals surface area contributed by atoms with Gasteiger partial charge in [0.15, 0.2) is 0 Å². The lowest BCUT2D eigenvalue weighted by Crippen LogP contribution is -2.33. The van der Waals surface area contributed by atoms with Crippen LogP contribution in [0, 0.1) is 11.3 Å². The van der Waals surface area contributed by atoms with Gasteiger partial charge in [-0.05, 0) is 37.0 Å². The van der Waals surface area contributed by atoms with Gasteiger partial charge in [-0.1, -0.05) is 27.2 Å². The Morgan fingerprint density at radius 3 is 2.08 bits per heavy atom. The third-order valence-electron chi connectivity index (χ3n) is 3.79. The summed E-state index contributed by atoms with van der Waals surface area (Å²) in [6.45, 7) is 7.09. The molecule has 0 aromatic heterocycles. The molecule has 0 heterocycles. The van der Waals surface area contributed by atoms with Crippen LogP contribution in [0.2, 0.25) is 0 Å². The molecule has 0 radical (unpaired) electrons. The van der Waals surface area contributed by atoms with Crippen LogP contribution >= 0.6 is 0 Å². The Labute approximate surface area is 76.7 Å². The Kier molecular flexibility index (Phi) is 3.16. The van der Waals surface area contributed by atoms with Crippen LogP contribution in [0.1, 0.15) is 52.9 Å². The first-order valence-corrected chi connectivity index (χ1v) is 5.32. The van der Waals surface area contributed by atoms with E-state index in [0.717, 1.165) is 5.92 Å². The number of hydrogen-bond acceptors (Lipinski definition) is 1. The molecule has 1 heteroatoms. The minimum atomic E-state index is 0.494. The van der Waals surface area contributed by atoms with Gasteiger partial charge >= 0.3 is 0 Å². The molecule has 0 aromatic rings. The van der Waals surface area contributed by atoms with Gasteiger partial charge < -0.3 is 5.73 Å². The molecule has 1 saturated carbocycles. The lowest BCUT2D eigenvalue weighted by molar-refractivity contribution is 0.145. The molecule has 0 saturated heterocycles. The van der Waals surface area contributed by atoms with Crippen LogP contribution in [0.5, 0.6) is 0 Å². The van der Waals surface area contributed by atoms with Crippen molar-refractivity contribution in [3.63, 3.8) is 0 Å². The molecule has 1 fully saturated rings. The summed E-state index contributed by atoms with van der Waals surface area (Å²) in [4.78, 5) is 0. The second-order valence-electron chi connectivity index (χ2n) is 4.95. The van der Waals surface area contributed by atoms with Gasteiger partial charge in [0.1, 0.15) is 0 Å². The van der Waals surface area contributed by atoms with Crippen LogP contribution in [0.15, 0.2) is 0 Å². The van der Waals surface area contributed by atoms with Crippen LogP contribution in [-0.2, 0) is 0 Å². The van der Waals surface area contributed by atoms with Crippen molar-refractivity contribution in [3.05, 3.63) is 0 Å². The molecular formula is C11H23N.